The zero-order valence-corrected chi connectivity index (χ0v) is 21.6. The lowest BCUT2D eigenvalue weighted by atomic mass is 9.86. The van der Waals surface area contributed by atoms with Crippen molar-refractivity contribution in [3.05, 3.63) is 86.3 Å². The molecule has 3 aromatic rings. The first-order chi connectivity index (χ1) is 16.8. The molecule has 1 aromatic carbocycles. The monoisotopic (exact) mass is 594 g/mol. The summed E-state index contributed by atoms with van der Waals surface area (Å²) < 4.78 is 1.45. The van der Waals surface area contributed by atoms with Crippen molar-refractivity contribution in [2.45, 2.75) is 31.2 Å². The minimum Gasteiger partial charge on any atom is -0.477 e. The summed E-state index contributed by atoms with van der Waals surface area (Å²) >= 11 is 6.76. The molecule has 2 heterocycles. The van der Waals surface area contributed by atoms with Crippen LogP contribution >= 0.6 is 31.9 Å². The minimum atomic E-state index is -1.07. The fraction of sp³-hybridized carbons (Fsp3) is 0.192. The Morgan fingerprint density at radius 2 is 1.71 bits per heavy atom. The summed E-state index contributed by atoms with van der Waals surface area (Å²) in [5.41, 5.74) is 2.55. The number of aromatic carboxylic acids is 1. The summed E-state index contributed by atoms with van der Waals surface area (Å²) in [6, 6.07) is 14.8. The summed E-state index contributed by atoms with van der Waals surface area (Å²) in [6.07, 6.45) is 8.09. The van der Waals surface area contributed by atoms with Crippen LogP contribution in [0.5, 0.6) is 0 Å². The number of rotatable bonds is 6. The molecule has 0 unspecified atom stereocenters. The van der Waals surface area contributed by atoms with E-state index in [-0.39, 0.29) is 11.3 Å². The van der Waals surface area contributed by atoms with E-state index in [2.05, 4.69) is 47.1 Å². The van der Waals surface area contributed by atoms with Crippen molar-refractivity contribution in [3.63, 3.8) is 0 Å². The smallest absolute Gasteiger partial charge is 0.354 e. The maximum Gasteiger partial charge on any atom is 0.354 e. The number of carboxylic acid groups (broad SMARTS) is 1. The molecule has 2 aromatic heterocycles. The first kappa shape index (κ1) is 24.8. The van der Waals surface area contributed by atoms with Gasteiger partial charge in [-0.05, 0) is 74.0 Å². The fourth-order valence-corrected chi connectivity index (χ4v) is 5.34. The van der Waals surface area contributed by atoms with Crippen molar-refractivity contribution >= 4 is 49.8 Å². The van der Waals surface area contributed by atoms with Gasteiger partial charge < -0.3 is 10.4 Å². The number of nitriles is 1. The van der Waals surface area contributed by atoms with Gasteiger partial charge in [-0.25, -0.2) is 9.78 Å². The Kier molecular flexibility index (Phi) is 7.43. The van der Waals surface area contributed by atoms with Gasteiger partial charge in [0.05, 0.1) is 11.2 Å². The highest BCUT2D eigenvalue weighted by molar-refractivity contribution is 9.11. The Hall–Kier alpha value is -3.35. The molecule has 0 bridgehead atoms. The number of carbonyl (C=O) groups excluding carboxylic acids is 1. The van der Waals surface area contributed by atoms with Gasteiger partial charge in [-0.2, -0.15) is 5.26 Å². The average molecular weight is 596 g/mol. The lowest BCUT2D eigenvalue weighted by molar-refractivity contribution is -0.119. The van der Waals surface area contributed by atoms with Gasteiger partial charge in [0.15, 0.2) is 0 Å². The van der Waals surface area contributed by atoms with Gasteiger partial charge in [-0.3, -0.25) is 9.78 Å². The van der Waals surface area contributed by atoms with Gasteiger partial charge in [0, 0.05) is 26.9 Å². The lowest BCUT2D eigenvalue weighted by Crippen LogP contribution is -2.44. The third kappa shape index (κ3) is 5.50. The fourth-order valence-electron chi connectivity index (χ4n) is 4.24. The Bertz CT molecular complexity index is 1340. The van der Waals surface area contributed by atoms with E-state index in [1.165, 1.54) is 18.3 Å². The van der Waals surface area contributed by atoms with E-state index in [1.807, 2.05) is 30.3 Å². The standard InChI is InChI=1S/C26H20Br2N4O3/c27-20-12-21(28)23(31-15-20)11-18(13-29)24(33)32-26(9-1-2-10-26)19-6-3-16(4-7-19)17-5-8-22(25(34)35)30-14-17/h3-8,11-12,14-15H,1-2,9-10H2,(H,32,33)(H,34,35). The largest absolute Gasteiger partial charge is 0.477 e. The predicted molar refractivity (Wildman–Crippen MR) is 138 cm³/mol. The Morgan fingerprint density at radius 3 is 2.29 bits per heavy atom. The Morgan fingerprint density at radius 1 is 1.03 bits per heavy atom. The molecule has 0 saturated heterocycles. The third-order valence-electron chi connectivity index (χ3n) is 6.05. The van der Waals surface area contributed by atoms with E-state index in [1.54, 1.807) is 18.3 Å². The number of halogens is 2. The molecular formula is C26H20Br2N4O3. The molecule has 7 nitrogen and oxygen atoms in total. The highest BCUT2D eigenvalue weighted by atomic mass is 79.9. The summed E-state index contributed by atoms with van der Waals surface area (Å²) in [5.74, 6) is -1.51. The number of carboxylic acids is 1. The molecule has 1 aliphatic carbocycles. The predicted octanol–water partition coefficient (Wildman–Crippen LogP) is 5.86. The van der Waals surface area contributed by atoms with Crippen LogP contribution in [0.25, 0.3) is 17.2 Å². The molecular weight excluding hydrogens is 576 g/mol. The molecule has 9 heteroatoms. The van der Waals surface area contributed by atoms with Crippen LogP contribution in [0.15, 0.2) is 69.4 Å². The number of aromatic nitrogens is 2. The average Bonchev–Trinajstić information content (AvgIpc) is 3.33. The Balaban J connectivity index is 1.58. The molecule has 1 amide bonds. The lowest BCUT2D eigenvalue weighted by Gasteiger charge is -2.31. The number of hydrogen-bond acceptors (Lipinski definition) is 5. The van der Waals surface area contributed by atoms with E-state index >= 15 is 0 Å². The van der Waals surface area contributed by atoms with Crippen molar-refractivity contribution < 1.29 is 14.7 Å². The summed E-state index contributed by atoms with van der Waals surface area (Å²) in [4.78, 5) is 32.4. The molecule has 2 N–H and O–H groups in total. The molecule has 1 fully saturated rings. The molecule has 0 radical (unpaired) electrons. The molecule has 1 saturated carbocycles. The van der Waals surface area contributed by atoms with Gasteiger partial charge in [-0.15, -0.1) is 0 Å². The van der Waals surface area contributed by atoms with Crippen molar-refractivity contribution in [1.29, 1.82) is 5.26 Å². The van der Waals surface area contributed by atoms with Crippen LogP contribution in [-0.4, -0.2) is 27.0 Å². The minimum absolute atomic E-state index is 0.00953. The van der Waals surface area contributed by atoms with E-state index in [4.69, 9.17) is 5.11 Å². The molecule has 176 valence electrons. The van der Waals surface area contributed by atoms with Crippen molar-refractivity contribution in [2.75, 3.05) is 0 Å². The van der Waals surface area contributed by atoms with E-state index in [0.717, 1.165) is 46.8 Å². The quantitative estimate of drug-likeness (QED) is 0.272. The molecule has 0 spiro atoms. The van der Waals surface area contributed by atoms with Crippen molar-refractivity contribution in [1.82, 2.24) is 15.3 Å². The number of carbonyl (C=O) groups is 2. The molecule has 0 atom stereocenters. The number of nitrogens with zero attached hydrogens (tertiary/aromatic N) is 3. The molecule has 0 aliphatic heterocycles. The summed E-state index contributed by atoms with van der Waals surface area (Å²) in [6.45, 7) is 0. The number of benzene rings is 1. The SMILES string of the molecule is N#CC(=Cc1ncc(Br)cc1Br)C(=O)NC1(c2ccc(-c3ccc(C(=O)O)nc3)cc2)CCCC1. The van der Waals surface area contributed by atoms with E-state index < -0.39 is 17.4 Å². The maximum absolute atomic E-state index is 13.2. The van der Waals surface area contributed by atoms with Crippen LogP contribution in [0, 0.1) is 11.3 Å². The van der Waals surface area contributed by atoms with E-state index in [0.29, 0.717) is 10.2 Å². The van der Waals surface area contributed by atoms with Gasteiger partial charge >= 0.3 is 5.97 Å². The van der Waals surface area contributed by atoms with Crippen LogP contribution in [0.4, 0.5) is 0 Å². The highest BCUT2D eigenvalue weighted by Gasteiger charge is 2.37. The van der Waals surface area contributed by atoms with Crippen LogP contribution in [0.1, 0.15) is 47.4 Å². The van der Waals surface area contributed by atoms with Gasteiger partial charge in [0.2, 0.25) is 0 Å². The van der Waals surface area contributed by atoms with Crippen molar-refractivity contribution in [2.24, 2.45) is 0 Å². The second-order valence-corrected chi connectivity index (χ2v) is 10.0. The number of hydrogen-bond donors (Lipinski definition) is 2. The van der Waals surface area contributed by atoms with Crippen LogP contribution in [0.2, 0.25) is 0 Å². The second-order valence-electron chi connectivity index (χ2n) is 8.25. The van der Waals surface area contributed by atoms with Crippen LogP contribution < -0.4 is 5.32 Å². The zero-order chi connectivity index (χ0) is 25.0. The molecule has 4 rings (SSSR count). The number of pyridine rings is 2. The van der Waals surface area contributed by atoms with Crippen LogP contribution in [-0.2, 0) is 10.3 Å². The molecule has 1 aliphatic rings. The van der Waals surface area contributed by atoms with Gasteiger partial charge in [0.25, 0.3) is 5.91 Å². The first-order valence-corrected chi connectivity index (χ1v) is 12.5. The highest BCUT2D eigenvalue weighted by Crippen LogP contribution is 2.39. The van der Waals surface area contributed by atoms with Crippen molar-refractivity contribution in [3.8, 4) is 17.2 Å². The topological polar surface area (TPSA) is 116 Å². The van der Waals surface area contributed by atoms with Crippen LogP contribution in [0.3, 0.4) is 0 Å². The van der Waals surface area contributed by atoms with E-state index in [9.17, 15) is 14.9 Å². The van der Waals surface area contributed by atoms with Gasteiger partial charge in [0.1, 0.15) is 17.3 Å². The molecule has 35 heavy (non-hydrogen) atoms. The normalized spacial score (nSPS) is 14.8. The second kappa shape index (κ2) is 10.5. The summed E-state index contributed by atoms with van der Waals surface area (Å²) in [7, 11) is 0. The number of amides is 1. The first-order valence-electron chi connectivity index (χ1n) is 10.9. The summed E-state index contributed by atoms with van der Waals surface area (Å²) in [5, 5.41) is 21.8. The maximum atomic E-state index is 13.2. The Labute approximate surface area is 219 Å². The van der Waals surface area contributed by atoms with Gasteiger partial charge in [-0.1, -0.05) is 43.2 Å². The number of nitrogens with one attached hydrogen (secondary N) is 1. The third-order valence-corrected chi connectivity index (χ3v) is 7.11. The zero-order valence-electron chi connectivity index (χ0n) is 18.5.